The normalized spacial score (nSPS) is 28.5. The van der Waals surface area contributed by atoms with E-state index >= 15 is 0 Å². The van der Waals surface area contributed by atoms with Crippen molar-refractivity contribution in [3.63, 3.8) is 0 Å². The van der Waals surface area contributed by atoms with E-state index in [2.05, 4.69) is 20.8 Å². The molecule has 2 fully saturated rings. The minimum absolute atomic E-state index is 0.148. The Morgan fingerprint density at radius 1 is 1.12 bits per heavy atom. The van der Waals surface area contributed by atoms with E-state index in [1.54, 1.807) is 0 Å². The lowest BCUT2D eigenvalue weighted by atomic mass is 9.75. The van der Waals surface area contributed by atoms with Crippen molar-refractivity contribution in [1.29, 1.82) is 0 Å². The number of carbonyl (C=O) groups is 3. The molecule has 1 saturated heterocycles. The Morgan fingerprint density at radius 2 is 1.76 bits per heavy atom. The molecular weight excluding hydrogens is 322 g/mol. The van der Waals surface area contributed by atoms with Gasteiger partial charge in [-0.3, -0.25) is 14.5 Å². The Balaban J connectivity index is 1.75. The van der Waals surface area contributed by atoms with Gasteiger partial charge in [-0.05, 0) is 37.5 Å². The highest BCUT2D eigenvalue weighted by molar-refractivity contribution is 6.04. The van der Waals surface area contributed by atoms with Crippen LogP contribution >= 0.6 is 0 Å². The SMILES string of the molecule is CC1CCC(C(C)C)C(OCCOC(=O)[C@@H](C)N2C(=O)CCC2=O)C1. The molecule has 25 heavy (non-hydrogen) atoms. The summed E-state index contributed by atoms with van der Waals surface area (Å²) in [5.41, 5.74) is 0. The number of hydrogen-bond donors (Lipinski definition) is 0. The summed E-state index contributed by atoms with van der Waals surface area (Å²) >= 11 is 0. The monoisotopic (exact) mass is 353 g/mol. The van der Waals surface area contributed by atoms with Gasteiger partial charge in [0.05, 0.1) is 12.7 Å². The second-order valence-electron chi connectivity index (χ2n) is 7.74. The number of imide groups is 1. The van der Waals surface area contributed by atoms with Crippen LogP contribution in [0.2, 0.25) is 0 Å². The van der Waals surface area contributed by atoms with E-state index in [1.807, 2.05) is 0 Å². The van der Waals surface area contributed by atoms with Crippen molar-refractivity contribution in [2.24, 2.45) is 17.8 Å². The van der Waals surface area contributed by atoms with Crippen LogP contribution in [0, 0.1) is 17.8 Å². The van der Waals surface area contributed by atoms with E-state index < -0.39 is 12.0 Å². The number of carbonyl (C=O) groups excluding carboxylic acids is 3. The minimum Gasteiger partial charge on any atom is -0.462 e. The molecule has 2 aliphatic rings. The summed E-state index contributed by atoms with van der Waals surface area (Å²) in [5, 5.41) is 0. The van der Waals surface area contributed by atoms with E-state index in [-0.39, 0.29) is 37.4 Å². The smallest absolute Gasteiger partial charge is 0.329 e. The second kappa shape index (κ2) is 8.79. The molecule has 2 rings (SSSR count). The summed E-state index contributed by atoms with van der Waals surface area (Å²) in [6, 6.07) is -0.861. The Hall–Kier alpha value is -1.43. The Labute approximate surface area is 150 Å². The van der Waals surface area contributed by atoms with Gasteiger partial charge in [0.2, 0.25) is 11.8 Å². The molecule has 142 valence electrons. The van der Waals surface area contributed by atoms with Gasteiger partial charge >= 0.3 is 5.97 Å². The maximum Gasteiger partial charge on any atom is 0.329 e. The fourth-order valence-electron chi connectivity index (χ4n) is 3.90. The molecule has 0 N–H and O–H groups in total. The first-order chi connectivity index (χ1) is 11.8. The number of rotatable bonds is 7. The van der Waals surface area contributed by atoms with Gasteiger partial charge in [0.1, 0.15) is 12.6 Å². The molecule has 2 amide bonds. The van der Waals surface area contributed by atoms with Gasteiger partial charge in [-0.1, -0.05) is 27.2 Å². The second-order valence-corrected chi connectivity index (χ2v) is 7.74. The highest BCUT2D eigenvalue weighted by atomic mass is 16.6. The minimum atomic E-state index is -0.861. The van der Waals surface area contributed by atoms with E-state index in [0.29, 0.717) is 24.4 Å². The standard InChI is InChI=1S/C19H31NO5/c1-12(2)15-6-5-13(3)11-16(15)24-9-10-25-19(23)14(4)20-17(21)7-8-18(20)22/h12-16H,5-11H2,1-4H3/t13?,14-,15?,16?/m1/s1. The first kappa shape index (κ1) is 19.9. The van der Waals surface area contributed by atoms with Gasteiger partial charge in [-0.25, -0.2) is 4.79 Å². The summed E-state index contributed by atoms with van der Waals surface area (Å²) in [5.74, 6) is 0.626. The Morgan fingerprint density at radius 3 is 2.36 bits per heavy atom. The van der Waals surface area contributed by atoms with Gasteiger partial charge in [-0.2, -0.15) is 0 Å². The van der Waals surface area contributed by atoms with Crippen LogP contribution in [0.3, 0.4) is 0 Å². The molecular formula is C19H31NO5. The molecule has 0 radical (unpaired) electrons. The highest BCUT2D eigenvalue weighted by Crippen LogP contribution is 2.35. The van der Waals surface area contributed by atoms with E-state index in [9.17, 15) is 14.4 Å². The quantitative estimate of drug-likeness (QED) is 0.399. The third-order valence-corrected chi connectivity index (χ3v) is 5.44. The molecule has 0 aromatic heterocycles. The first-order valence-corrected chi connectivity index (χ1v) is 9.44. The summed E-state index contributed by atoms with van der Waals surface area (Å²) in [6.07, 6.45) is 4.03. The molecule has 0 aromatic carbocycles. The first-order valence-electron chi connectivity index (χ1n) is 9.44. The zero-order valence-corrected chi connectivity index (χ0v) is 15.8. The Bertz CT molecular complexity index is 488. The maximum absolute atomic E-state index is 12.1. The third kappa shape index (κ3) is 5.03. The van der Waals surface area contributed by atoms with Crippen LogP contribution in [0.1, 0.15) is 59.8 Å². The van der Waals surface area contributed by atoms with Crippen molar-refractivity contribution >= 4 is 17.8 Å². The molecule has 6 heteroatoms. The highest BCUT2D eigenvalue weighted by Gasteiger charge is 2.37. The van der Waals surface area contributed by atoms with Gasteiger partial charge < -0.3 is 9.47 Å². The Kier molecular flexibility index (Phi) is 6.99. The lowest BCUT2D eigenvalue weighted by molar-refractivity contribution is -0.159. The predicted octanol–water partition coefficient (Wildman–Crippen LogP) is 2.54. The van der Waals surface area contributed by atoms with Gasteiger partial charge in [0.15, 0.2) is 0 Å². The maximum atomic E-state index is 12.1. The molecule has 6 nitrogen and oxygen atoms in total. The molecule has 1 aliphatic heterocycles. The topological polar surface area (TPSA) is 72.9 Å². The zero-order valence-electron chi connectivity index (χ0n) is 15.8. The van der Waals surface area contributed by atoms with Crippen molar-refractivity contribution in [2.75, 3.05) is 13.2 Å². The molecule has 4 atom stereocenters. The van der Waals surface area contributed by atoms with Crippen LogP contribution in [0.5, 0.6) is 0 Å². The van der Waals surface area contributed by atoms with Crippen molar-refractivity contribution < 1.29 is 23.9 Å². The summed E-state index contributed by atoms with van der Waals surface area (Å²) in [4.78, 5) is 36.4. The van der Waals surface area contributed by atoms with Gasteiger partial charge in [-0.15, -0.1) is 0 Å². The fraction of sp³-hybridized carbons (Fsp3) is 0.842. The molecule has 0 aromatic rings. The largest absolute Gasteiger partial charge is 0.462 e. The van der Waals surface area contributed by atoms with Crippen molar-refractivity contribution in [1.82, 2.24) is 4.90 Å². The van der Waals surface area contributed by atoms with E-state index in [4.69, 9.17) is 9.47 Å². The average molecular weight is 353 g/mol. The lowest BCUT2D eigenvalue weighted by Crippen LogP contribution is -2.43. The molecule has 3 unspecified atom stereocenters. The van der Waals surface area contributed by atoms with Crippen LogP contribution in [-0.4, -0.2) is 48.0 Å². The number of hydrogen-bond acceptors (Lipinski definition) is 5. The number of likely N-dealkylation sites (tertiary alicyclic amines) is 1. The molecule has 0 spiro atoms. The summed E-state index contributed by atoms with van der Waals surface area (Å²) in [6.45, 7) is 8.72. The van der Waals surface area contributed by atoms with Crippen LogP contribution in [-0.2, 0) is 23.9 Å². The lowest BCUT2D eigenvalue weighted by Gasteiger charge is -2.37. The molecule has 1 aliphatic carbocycles. The summed E-state index contributed by atoms with van der Waals surface area (Å²) in [7, 11) is 0. The van der Waals surface area contributed by atoms with Crippen LogP contribution in [0.4, 0.5) is 0 Å². The predicted molar refractivity (Wildman–Crippen MR) is 92.6 cm³/mol. The third-order valence-electron chi connectivity index (χ3n) is 5.44. The average Bonchev–Trinajstić information content (AvgIpc) is 2.89. The number of nitrogens with zero attached hydrogens (tertiary/aromatic N) is 1. The number of esters is 1. The zero-order chi connectivity index (χ0) is 18.6. The van der Waals surface area contributed by atoms with E-state index in [0.717, 1.165) is 11.3 Å². The fourth-order valence-corrected chi connectivity index (χ4v) is 3.90. The van der Waals surface area contributed by atoms with Gasteiger partial charge in [0.25, 0.3) is 0 Å². The number of ether oxygens (including phenoxy) is 2. The molecule has 0 bridgehead atoms. The van der Waals surface area contributed by atoms with Crippen LogP contribution in [0.25, 0.3) is 0 Å². The van der Waals surface area contributed by atoms with E-state index in [1.165, 1.54) is 19.8 Å². The van der Waals surface area contributed by atoms with Gasteiger partial charge in [0, 0.05) is 12.8 Å². The number of amides is 2. The summed E-state index contributed by atoms with van der Waals surface area (Å²) < 4.78 is 11.2. The van der Waals surface area contributed by atoms with Crippen LogP contribution in [0.15, 0.2) is 0 Å². The van der Waals surface area contributed by atoms with Crippen LogP contribution < -0.4 is 0 Å². The molecule has 1 heterocycles. The van der Waals surface area contributed by atoms with Crippen molar-refractivity contribution in [2.45, 2.75) is 71.9 Å². The molecule has 1 saturated carbocycles. The van der Waals surface area contributed by atoms with Crippen molar-refractivity contribution in [3.05, 3.63) is 0 Å². The van der Waals surface area contributed by atoms with Crippen molar-refractivity contribution in [3.8, 4) is 0 Å².